The number of rotatable bonds is 5. The monoisotopic (exact) mass is 348 g/mol. The molecule has 0 aromatic carbocycles. The summed E-state index contributed by atoms with van der Waals surface area (Å²) < 4.78 is 9.27. The summed E-state index contributed by atoms with van der Waals surface area (Å²) in [6.45, 7) is 2.61. The van der Waals surface area contributed by atoms with E-state index >= 15 is 0 Å². The summed E-state index contributed by atoms with van der Waals surface area (Å²) in [5.41, 5.74) is 6.01. The summed E-state index contributed by atoms with van der Waals surface area (Å²) in [6.07, 6.45) is 9.48. The third kappa shape index (κ3) is 2.99. The van der Waals surface area contributed by atoms with Crippen LogP contribution in [-0.2, 0) is 13.6 Å². The largest absolute Gasteiger partial charge is 0.494 e. The summed E-state index contributed by atoms with van der Waals surface area (Å²) in [5, 5.41) is 12.1. The van der Waals surface area contributed by atoms with Crippen LogP contribution in [0, 0.1) is 6.92 Å². The number of hydrogen-bond acceptors (Lipinski definition) is 5. The average molecular weight is 348 g/mol. The van der Waals surface area contributed by atoms with Crippen molar-refractivity contribution in [3.05, 3.63) is 60.4 Å². The van der Waals surface area contributed by atoms with Gasteiger partial charge in [0.25, 0.3) is 0 Å². The quantitative estimate of drug-likeness (QED) is 0.600. The Morgan fingerprint density at radius 1 is 1.08 bits per heavy atom. The lowest BCUT2D eigenvalue weighted by molar-refractivity contribution is 0.417. The molecule has 0 radical (unpaired) electrons. The molecule has 0 amide bonds. The molecule has 1 N–H and O–H groups in total. The molecule has 0 atom stereocenters. The minimum absolute atomic E-state index is 0.636. The molecule has 0 saturated carbocycles. The fourth-order valence-corrected chi connectivity index (χ4v) is 2.93. The van der Waals surface area contributed by atoms with Crippen LogP contribution in [0.3, 0.4) is 0 Å². The minimum Gasteiger partial charge on any atom is -0.494 e. The van der Waals surface area contributed by atoms with Gasteiger partial charge in [0, 0.05) is 48.4 Å². The van der Waals surface area contributed by atoms with Gasteiger partial charge in [-0.05, 0) is 25.1 Å². The van der Waals surface area contributed by atoms with Crippen molar-refractivity contribution in [1.29, 1.82) is 0 Å². The number of nitrogens with zero attached hydrogens (tertiary/aromatic N) is 5. The lowest BCUT2D eigenvalue weighted by atomic mass is 10.1. The lowest BCUT2D eigenvalue weighted by Gasteiger charge is -2.09. The maximum Gasteiger partial charge on any atom is 0.145 e. The molecule has 7 heteroatoms. The van der Waals surface area contributed by atoms with E-state index in [1.807, 2.05) is 67.7 Å². The smallest absolute Gasteiger partial charge is 0.145 e. The Balaban J connectivity index is 1.67. The molecule has 0 bridgehead atoms. The van der Waals surface area contributed by atoms with E-state index in [-0.39, 0.29) is 0 Å². The van der Waals surface area contributed by atoms with Crippen LogP contribution in [0.1, 0.15) is 11.3 Å². The van der Waals surface area contributed by atoms with Crippen molar-refractivity contribution in [3.63, 3.8) is 0 Å². The first-order chi connectivity index (χ1) is 12.6. The van der Waals surface area contributed by atoms with E-state index in [9.17, 15) is 0 Å². The van der Waals surface area contributed by atoms with E-state index in [1.165, 1.54) is 0 Å². The van der Waals surface area contributed by atoms with Gasteiger partial charge in [-0.2, -0.15) is 10.2 Å². The van der Waals surface area contributed by atoms with Crippen LogP contribution in [0.4, 0.5) is 5.69 Å². The SMILES string of the molecule is COc1cc(-c2cnn(C)c2)cn2ncc(CNc3ccc(C)nc3)c12. The number of pyridine rings is 2. The van der Waals surface area contributed by atoms with Crippen molar-refractivity contribution in [1.82, 2.24) is 24.4 Å². The highest BCUT2D eigenvalue weighted by Crippen LogP contribution is 2.30. The molecule has 0 unspecified atom stereocenters. The molecule has 4 heterocycles. The summed E-state index contributed by atoms with van der Waals surface area (Å²) in [4.78, 5) is 4.31. The molecule has 4 aromatic heterocycles. The molecule has 0 fully saturated rings. The highest BCUT2D eigenvalue weighted by molar-refractivity contribution is 5.73. The van der Waals surface area contributed by atoms with Gasteiger partial charge in [-0.25, -0.2) is 4.52 Å². The second-order valence-electron chi connectivity index (χ2n) is 6.20. The summed E-state index contributed by atoms with van der Waals surface area (Å²) in [5.74, 6) is 0.780. The zero-order valence-corrected chi connectivity index (χ0v) is 15.0. The first-order valence-corrected chi connectivity index (χ1v) is 8.34. The van der Waals surface area contributed by atoms with E-state index in [4.69, 9.17) is 4.74 Å². The van der Waals surface area contributed by atoms with Gasteiger partial charge in [-0.3, -0.25) is 9.67 Å². The Hall–Kier alpha value is -3.35. The molecule has 0 aliphatic carbocycles. The number of anilines is 1. The maximum atomic E-state index is 5.64. The number of hydrogen-bond donors (Lipinski definition) is 1. The number of ether oxygens (including phenoxy) is 1. The van der Waals surface area contributed by atoms with E-state index in [0.29, 0.717) is 6.54 Å². The molecule has 4 rings (SSSR count). The molecular formula is C19H20N6O. The Morgan fingerprint density at radius 2 is 1.96 bits per heavy atom. The lowest BCUT2D eigenvalue weighted by Crippen LogP contribution is -2.01. The fourth-order valence-electron chi connectivity index (χ4n) is 2.93. The van der Waals surface area contributed by atoms with Gasteiger partial charge in [0.05, 0.1) is 31.4 Å². The number of fused-ring (bicyclic) bond motifs is 1. The second kappa shape index (κ2) is 6.51. The van der Waals surface area contributed by atoms with Gasteiger partial charge in [0.1, 0.15) is 11.3 Å². The van der Waals surface area contributed by atoms with Crippen LogP contribution in [0.25, 0.3) is 16.6 Å². The van der Waals surface area contributed by atoms with Crippen molar-refractivity contribution in [2.24, 2.45) is 7.05 Å². The van der Waals surface area contributed by atoms with Crippen molar-refractivity contribution in [3.8, 4) is 16.9 Å². The van der Waals surface area contributed by atoms with Gasteiger partial charge in [0.15, 0.2) is 0 Å². The normalized spacial score (nSPS) is 11.0. The van der Waals surface area contributed by atoms with Crippen molar-refractivity contribution >= 4 is 11.2 Å². The highest BCUT2D eigenvalue weighted by Gasteiger charge is 2.13. The van der Waals surface area contributed by atoms with E-state index in [1.54, 1.807) is 11.8 Å². The first-order valence-electron chi connectivity index (χ1n) is 8.34. The average Bonchev–Trinajstić information content (AvgIpc) is 3.26. The molecule has 0 aliphatic rings. The Labute approximate surface area is 151 Å². The molecule has 7 nitrogen and oxygen atoms in total. The number of nitrogens with one attached hydrogen (secondary N) is 1. The van der Waals surface area contributed by atoms with Gasteiger partial charge >= 0.3 is 0 Å². The van der Waals surface area contributed by atoms with Gasteiger partial charge in [-0.1, -0.05) is 0 Å². The number of methoxy groups -OCH3 is 1. The van der Waals surface area contributed by atoms with Crippen molar-refractivity contribution in [2.75, 3.05) is 12.4 Å². The number of aromatic nitrogens is 5. The second-order valence-corrected chi connectivity index (χ2v) is 6.20. The maximum absolute atomic E-state index is 5.64. The predicted octanol–water partition coefficient (Wildman–Crippen LogP) is 3.06. The van der Waals surface area contributed by atoms with Gasteiger partial charge in [0.2, 0.25) is 0 Å². The van der Waals surface area contributed by atoms with Gasteiger partial charge in [-0.15, -0.1) is 0 Å². The summed E-state index contributed by atoms with van der Waals surface area (Å²) >= 11 is 0. The molecule has 4 aromatic rings. The Morgan fingerprint density at radius 3 is 2.65 bits per heavy atom. The van der Waals surface area contributed by atoms with E-state index < -0.39 is 0 Å². The van der Waals surface area contributed by atoms with Gasteiger partial charge < -0.3 is 10.1 Å². The van der Waals surface area contributed by atoms with Crippen LogP contribution in [0.2, 0.25) is 0 Å². The standard InChI is InChI=1S/C19H20N6O/c1-13-4-5-17(10-20-13)21-7-15-8-23-25-12-14(6-18(26-3)19(15)25)16-9-22-24(2)11-16/h4-6,8-12,21H,7H2,1-3H3. The minimum atomic E-state index is 0.636. The molecule has 0 saturated heterocycles. The highest BCUT2D eigenvalue weighted by atomic mass is 16.5. The zero-order chi connectivity index (χ0) is 18.1. The van der Waals surface area contributed by atoms with Crippen LogP contribution >= 0.6 is 0 Å². The molecule has 132 valence electrons. The molecule has 26 heavy (non-hydrogen) atoms. The summed E-state index contributed by atoms with van der Waals surface area (Å²) in [6, 6.07) is 6.02. The van der Waals surface area contributed by atoms with Crippen LogP contribution in [0.15, 0.2) is 49.2 Å². The first kappa shape index (κ1) is 16.1. The van der Waals surface area contributed by atoms with Crippen molar-refractivity contribution < 1.29 is 4.74 Å². The van der Waals surface area contributed by atoms with E-state index in [2.05, 4.69) is 20.5 Å². The molecule has 0 spiro atoms. The zero-order valence-electron chi connectivity index (χ0n) is 15.0. The van der Waals surface area contributed by atoms with Crippen molar-refractivity contribution in [2.45, 2.75) is 13.5 Å². The Kier molecular flexibility index (Phi) is 4.04. The summed E-state index contributed by atoms with van der Waals surface area (Å²) in [7, 11) is 3.58. The van der Waals surface area contributed by atoms with Crippen LogP contribution in [0.5, 0.6) is 5.75 Å². The van der Waals surface area contributed by atoms with Crippen LogP contribution in [-0.4, -0.2) is 31.5 Å². The topological polar surface area (TPSA) is 69.3 Å². The predicted molar refractivity (Wildman–Crippen MR) is 100 cm³/mol. The third-order valence-corrected chi connectivity index (χ3v) is 4.31. The van der Waals surface area contributed by atoms with E-state index in [0.717, 1.165) is 39.3 Å². The number of aryl methyl sites for hydroxylation is 2. The molecule has 0 aliphatic heterocycles. The molecular weight excluding hydrogens is 328 g/mol. The Bertz CT molecular complexity index is 1050. The fraction of sp³-hybridized carbons (Fsp3) is 0.211. The third-order valence-electron chi connectivity index (χ3n) is 4.31. The van der Waals surface area contributed by atoms with Crippen LogP contribution < -0.4 is 10.1 Å².